The third-order valence-corrected chi connectivity index (χ3v) is 17.4. The Bertz CT molecular complexity index is 1890. The van der Waals surface area contributed by atoms with Gasteiger partial charge < -0.3 is 47.4 Å². The number of hydrogen-bond donors (Lipinski definition) is 1. The molecular weight excluding hydrogens is 809 g/mol. The molecule has 1 N–H and O–H groups in total. The fraction of sp³-hybridized carbons (Fsp3) is 0.521. The van der Waals surface area contributed by atoms with Crippen LogP contribution in [0.5, 0.6) is 11.5 Å². The molecule has 334 valence electrons. The second-order valence-electron chi connectivity index (χ2n) is 18.1. The molecule has 6 atom stereocenters. The molecule has 1 aliphatic rings. The standard InChI is InChI=1S/C48H68O11Si2/c1-34(35(2)59-61(47(3,4)5,38-20-16-14-17-21-38)39-22-18-15-19-23-39)24-26-40(49)44-45(58-48(6,7)57-44)41(55-32-51-8)27-25-36-30-37(53-10)31-42(56-33-52-9)43(36)46(50)54-28-29-60(11,12)13/h14-23,25,27,30-31,34-35,40-41,44-45,49H,28-29,32-33H2,1-13H3/b27-25+/t34-,35+,40?,41?,44-,45+/m1/s1. The quantitative estimate of drug-likeness (QED) is 0.0522. The summed E-state index contributed by atoms with van der Waals surface area (Å²) < 4.78 is 53.9. The van der Waals surface area contributed by atoms with E-state index >= 15 is 0 Å². The monoisotopic (exact) mass is 876 g/mol. The third kappa shape index (κ3) is 13.3. The Labute approximate surface area is 366 Å². The van der Waals surface area contributed by atoms with Crippen molar-refractivity contribution in [2.45, 2.75) is 115 Å². The molecule has 3 aromatic rings. The van der Waals surface area contributed by atoms with Gasteiger partial charge in [0.05, 0.1) is 19.8 Å². The number of carbonyl (C=O) groups is 1. The number of rotatable bonds is 20. The van der Waals surface area contributed by atoms with Gasteiger partial charge in [0, 0.05) is 34.3 Å². The van der Waals surface area contributed by atoms with Crippen LogP contribution in [0.3, 0.4) is 0 Å². The SMILES string of the molecule is COCOc1cc(OC)cc(/C=C/C(OCOC)[C@@H]2OC(C)(C)O[C@@H]2C(O)C#C[C@@H](C)[C@H](C)O[Si](c2ccccc2)(c2ccccc2)C(C)(C)C)c1C(=O)OCC[Si](C)(C)C. The summed E-state index contributed by atoms with van der Waals surface area (Å²) in [6.07, 6.45) is -0.704. The minimum absolute atomic E-state index is 0.0934. The summed E-state index contributed by atoms with van der Waals surface area (Å²) in [5, 5.41) is 13.9. The Morgan fingerprint density at radius 1 is 0.885 bits per heavy atom. The molecule has 0 aliphatic carbocycles. The zero-order chi connectivity index (χ0) is 45.0. The highest BCUT2D eigenvalue weighted by molar-refractivity contribution is 6.99. The number of hydrogen-bond acceptors (Lipinski definition) is 11. The van der Waals surface area contributed by atoms with E-state index in [2.05, 4.69) is 101 Å². The largest absolute Gasteiger partial charge is 0.497 e. The molecule has 0 radical (unpaired) electrons. The van der Waals surface area contributed by atoms with Crippen LogP contribution in [0.1, 0.15) is 64.4 Å². The van der Waals surface area contributed by atoms with Crippen LogP contribution in [-0.2, 0) is 32.8 Å². The van der Waals surface area contributed by atoms with E-state index < -0.39 is 52.6 Å². The Kier molecular flexibility index (Phi) is 18.0. The lowest BCUT2D eigenvalue weighted by Gasteiger charge is -2.45. The van der Waals surface area contributed by atoms with Gasteiger partial charge in [-0.1, -0.05) is 125 Å². The molecule has 0 saturated carbocycles. The van der Waals surface area contributed by atoms with Gasteiger partial charge >= 0.3 is 5.97 Å². The first kappa shape index (κ1) is 49.8. The van der Waals surface area contributed by atoms with Gasteiger partial charge in [-0.2, -0.15) is 0 Å². The maximum atomic E-state index is 13.7. The Hall–Kier alpha value is -3.82. The van der Waals surface area contributed by atoms with Crippen LogP contribution < -0.4 is 19.8 Å². The predicted molar refractivity (Wildman–Crippen MR) is 245 cm³/mol. The molecule has 0 aromatic heterocycles. The molecule has 13 heteroatoms. The van der Waals surface area contributed by atoms with Gasteiger partial charge in [-0.3, -0.25) is 0 Å². The highest BCUT2D eigenvalue weighted by Gasteiger charge is 2.52. The minimum atomic E-state index is -2.85. The smallest absolute Gasteiger partial charge is 0.342 e. The number of aliphatic hydroxyl groups excluding tert-OH is 1. The average Bonchev–Trinajstić information content (AvgIpc) is 3.55. The maximum Gasteiger partial charge on any atom is 0.342 e. The van der Waals surface area contributed by atoms with Gasteiger partial charge in [0.1, 0.15) is 48.3 Å². The van der Waals surface area contributed by atoms with Crippen LogP contribution in [0.2, 0.25) is 30.7 Å². The molecule has 1 fully saturated rings. The summed E-state index contributed by atoms with van der Waals surface area (Å²) in [6.45, 7) is 21.1. The van der Waals surface area contributed by atoms with Crippen LogP contribution in [-0.4, -0.2) is 105 Å². The van der Waals surface area contributed by atoms with Gasteiger partial charge in [0.25, 0.3) is 8.32 Å². The van der Waals surface area contributed by atoms with Crippen molar-refractivity contribution in [3.63, 3.8) is 0 Å². The lowest BCUT2D eigenvalue weighted by Crippen LogP contribution is -2.67. The number of methoxy groups -OCH3 is 3. The van der Waals surface area contributed by atoms with Crippen LogP contribution in [0.15, 0.2) is 78.9 Å². The third-order valence-electron chi connectivity index (χ3n) is 10.5. The van der Waals surface area contributed by atoms with E-state index in [0.29, 0.717) is 11.3 Å². The van der Waals surface area contributed by atoms with Crippen molar-refractivity contribution in [1.29, 1.82) is 0 Å². The van der Waals surface area contributed by atoms with Gasteiger partial charge in [-0.25, -0.2) is 4.79 Å². The molecule has 1 heterocycles. The molecular formula is C48H68O11Si2. The molecule has 3 aromatic carbocycles. The van der Waals surface area contributed by atoms with E-state index in [0.717, 1.165) is 6.04 Å². The van der Waals surface area contributed by atoms with Gasteiger partial charge in [0.15, 0.2) is 12.6 Å². The normalized spacial score (nSPS) is 18.8. The highest BCUT2D eigenvalue weighted by atomic mass is 28.4. The average molecular weight is 877 g/mol. The highest BCUT2D eigenvalue weighted by Crippen LogP contribution is 2.39. The van der Waals surface area contributed by atoms with Crippen LogP contribution >= 0.6 is 0 Å². The predicted octanol–water partition coefficient (Wildman–Crippen LogP) is 7.66. The molecule has 1 aliphatic heterocycles. The molecule has 1 saturated heterocycles. The minimum Gasteiger partial charge on any atom is -0.497 e. The maximum absolute atomic E-state index is 13.7. The zero-order valence-electron chi connectivity index (χ0n) is 38.4. The van der Waals surface area contributed by atoms with Crippen LogP contribution in [0.25, 0.3) is 6.08 Å². The molecule has 61 heavy (non-hydrogen) atoms. The van der Waals surface area contributed by atoms with Crippen molar-refractivity contribution >= 4 is 38.8 Å². The van der Waals surface area contributed by atoms with E-state index in [1.807, 2.05) is 26.0 Å². The van der Waals surface area contributed by atoms with Crippen molar-refractivity contribution in [3.8, 4) is 23.3 Å². The fourth-order valence-corrected chi connectivity index (χ4v) is 12.7. The number of carbonyl (C=O) groups excluding carboxylic acids is 1. The summed E-state index contributed by atoms with van der Waals surface area (Å²) >= 11 is 0. The van der Waals surface area contributed by atoms with Crippen molar-refractivity contribution in [2.24, 2.45) is 5.92 Å². The molecule has 0 amide bonds. The fourth-order valence-electron chi connectivity index (χ4n) is 7.25. The zero-order valence-corrected chi connectivity index (χ0v) is 40.4. The lowest BCUT2D eigenvalue weighted by molar-refractivity contribution is -0.164. The second-order valence-corrected chi connectivity index (χ2v) is 27.9. The Morgan fingerprint density at radius 2 is 1.48 bits per heavy atom. The first-order valence-corrected chi connectivity index (χ1v) is 26.5. The summed E-state index contributed by atoms with van der Waals surface area (Å²) in [7, 11) is 0.201. The van der Waals surface area contributed by atoms with Crippen LogP contribution in [0.4, 0.5) is 0 Å². The Balaban J connectivity index is 1.67. The van der Waals surface area contributed by atoms with Gasteiger partial charge in [0.2, 0.25) is 0 Å². The van der Waals surface area contributed by atoms with Crippen molar-refractivity contribution in [1.82, 2.24) is 0 Å². The van der Waals surface area contributed by atoms with Crippen molar-refractivity contribution < 1.29 is 52.2 Å². The Morgan fingerprint density at radius 3 is 2.02 bits per heavy atom. The van der Waals surface area contributed by atoms with E-state index in [1.54, 1.807) is 38.1 Å². The summed E-state index contributed by atoms with van der Waals surface area (Å²) in [5.74, 6) is 5.16. The molecule has 0 spiro atoms. The summed E-state index contributed by atoms with van der Waals surface area (Å²) in [6, 6.07) is 25.1. The number of esters is 1. The van der Waals surface area contributed by atoms with E-state index in [1.165, 1.54) is 31.7 Å². The van der Waals surface area contributed by atoms with Gasteiger partial charge in [-0.15, -0.1) is 0 Å². The summed E-state index contributed by atoms with van der Waals surface area (Å²) in [4.78, 5) is 13.7. The van der Waals surface area contributed by atoms with Crippen molar-refractivity contribution in [2.75, 3.05) is 41.5 Å². The number of aliphatic hydroxyl groups is 1. The topological polar surface area (TPSA) is 120 Å². The van der Waals surface area contributed by atoms with Crippen molar-refractivity contribution in [3.05, 3.63) is 90.0 Å². The molecule has 2 unspecified atom stereocenters. The van der Waals surface area contributed by atoms with Gasteiger partial charge in [-0.05, 0) is 60.8 Å². The van der Waals surface area contributed by atoms with E-state index in [9.17, 15) is 9.90 Å². The van der Waals surface area contributed by atoms with Crippen LogP contribution in [0, 0.1) is 17.8 Å². The second kappa shape index (κ2) is 22.0. The lowest BCUT2D eigenvalue weighted by atomic mass is 9.99. The number of benzene rings is 3. The molecule has 0 bridgehead atoms. The van der Waals surface area contributed by atoms with E-state index in [4.69, 9.17) is 42.3 Å². The van der Waals surface area contributed by atoms with E-state index in [-0.39, 0.29) is 48.6 Å². The molecule has 11 nitrogen and oxygen atoms in total. The number of ether oxygens (including phenoxy) is 8. The molecule has 4 rings (SSSR count). The first-order valence-electron chi connectivity index (χ1n) is 20.9. The summed E-state index contributed by atoms with van der Waals surface area (Å²) in [5.41, 5.74) is 0.651. The first-order chi connectivity index (χ1) is 28.8.